The van der Waals surface area contributed by atoms with Gasteiger partial charge in [0.15, 0.2) is 0 Å². The topological polar surface area (TPSA) is 144 Å². The van der Waals surface area contributed by atoms with E-state index in [0.29, 0.717) is 11.1 Å². The monoisotopic (exact) mass is 370 g/mol. The summed E-state index contributed by atoms with van der Waals surface area (Å²) in [7, 11) is 0. The predicted octanol–water partition coefficient (Wildman–Crippen LogP) is 0.537. The Hall–Kier alpha value is -3.75. The molecule has 3 amide bonds. The van der Waals surface area contributed by atoms with Gasteiger partial charge in [0.05, 0.1) is 11.5 Å². The highest BCUT2D eigenvalue weighted by Gasteiger charge is 2.19. The number of benzene rings is 2. The lowest BCUT2D eigenvalue weighted by molar-refractivity contribution is -0.384. The number of carbonyl (C=O) groups is 3. The number of carbonyl (C=O) groups excluding carboxylic acids is 3. The third kappa shape index (κ3) is 5.92. The van der Waals surface area contributed by atoms with Crippen molar-refractivity contribution >= 4 is 23.4 Å². The number of non-ortho nitro benzene ring substituents is 1. The Morgan fingerprint density at radius 1 is 1.04 bits per heavy atom. The zero-order valence-corrected chi connectivity index (χ0v) is 14.3. The second kappa shape index (κ2) is 9.09. The number of primary amides is 1. The number of nitro benzene ring substituents is 1. The molecule has 4 N–H and O–H groups in total. The largest absolute Gasteiger partial charge is 0.368 e. The molecule has 0 fully saturated rings. The molecule has 0 aliphatic heterocycles. The first-order valence-corrected chi connectivity index (χ1v) is 8.02. The van der Waals surface area contributed by atoms with Crippen LogP contribution in [-0.2, 0) is 16.0 Å². The van der Waals surface area contributed by atoms with Crippen molar-refractivity contribution < 1.29 is 19.3 Å². The Labute approximate surface area is 154 Å². The lowest BCUT2D eigenvalue weighted by Crippen LogP contribution is -2.49. The molecule has 2 aromatic rings. The molecule has 0 saturated carbocycles. The van der Waals surface area contributed by atoms with Gasteiger partial charge in [0.1, 0.15) is 6.04 Å². The number of hydrogen-bond donors (Lipinski definition) is 3. The van der Waals surface area contributed by atoms with Crippen molar-refractivity contribution in [2.75, 3.05) is 6.54 Å². The molecule has 0 aliphatic carbocycles. The number of nitrogens with one attached hydrogen (secondary N) is 2. The molecule has 2 rings (SSSR count). The molecule has 140 valence electrons. The third-order valence-electron chi connectivity index (χ3n) is 3.71. The molecule has 0 heterocycles. The van der Waals surface area contributed by atoms with Gasteiger partial charge >= 0.3 is 0 Å². The highest BCUT2D eigenvalue weighted by atomic mass is 16.6. The van der Waals surface area contributed by atoms with Crippen molar-refractivity contribution in [3.8, 4) is 0 Å². The lowest BCUT2D eigenvalue weighted by atomic mass is 10.0. The van der Waals surface area contributed by atoms with Gasteiger partial charge in [-0.05, 0) is 17.7 Å². The van der Waals surface area contributed by atoms with E-state index in [1.165, 1.54) is 24.3 Å². The number of hydrogen-bond acceptors (Lipinski definition) is 5. The fourth-order valence-corrected chi connectivity index (χ4v) is 2.31. The number of amides is 3. The van der Waals surface area contributed by atoms with Gasteiger partial charge < -0.3 is 16.4 Å². The van der Waals surface area contributed by atoms with Crippen LogP contribution >= 0.6 is 0 Å². The standard InChI is InChI=1S/C18H18N4O5/c19-17(24)15(10-12-6-8-14(9-7-12)22(26)27)21-16(23)11-20-18(25)13-4-2-1-3-5-13/h1-9,15H,10-11H2,(H2,19,24)(H,20,25)(H,21,23)/t15-/m1/s1. The molecule has 0 saturated heterocycles. The quantitative estimate of drug-likeness (QED) is 0.459. The number of rotatable bonds is 8. The minimum absolute atomic E-state index is 0.0751. The van der Waals surface area contributed by atoms with Crippen molar-refractivity contribution in [3.05, 3.63) is 75.8 Å². The predicted molar refractivity (Wildman–Crippen MR) is 96.7 cm³/mol. The first-order valence-electron chi connectivity index (χ1n) is 8.02. The van der Waals surface area contributed by atoms with Crippen LogP contribution in [0.15, 0.2) is 54.6 Å². The molecule has 0 bridgehead atoms. The van der Waals surface area contributed by atoms with Crippen LogP contribution in [0.1, 0.15) is 15.9 Å². The Bertz CT molecular complexity index is 837. The molecule has 27 heavy (non-hydrogen) atoms. The van der Waals surface area contributed by atoms with Crippen LogP contribution in [0.5, 0.6) is 0 Å². The van der Waals surface area contributed by atoms with Crippen LogP contribution in [0.2, 0.25) is 0 Å². The van der Waals surface area contributed by atoms with Crippen LogP contribution in [0.25, 0.3) is 0 Å². The van der Waals surface area contributed by atoms with E-state index in [9.17, 15) is 24.5 Å². The maximum absolute atomic E-state index is 12.0. The lowest BCUT2D eigenvalue weighted by Gasteiger charge is -2.16. The minimum Gasteiger partial charge on any atom is -0.368 e. The first-order chi connectivity index (χ1) is 12.9. The van der Waals surface area contributed by atoms with Gasteiger partial charge in [0.2, 0.25) is 11.8 Å². The van der Waals surface area contributed by atoms with E-state index in [4.69, 9.17) is 5.73 Å². The normalized spacial score (nSPS) is 11.3. The zero-order chi connectivity index (χ0) is 19.8. The van der Waals surface area contributed by atoms with Gasteiger partial charge in [0, 0.05) is 24.1 Å². The molecule has 9 heteroatoms. The average Bonchev–Trinajstić information content (AvgIpc) is 2.66. The van der Waals surface area contributed by atoms with Gasteiger partial charge in [-0.1, -0.05) is 30.3 Å². The van der Waals surface area contributed by atoms with Gasteiger partial charge in [0.25, 0.3) is 11.6 Å². The van der Waals surface area contributed by atoms with E-state index in [2.05, 4.69) is 10.6 Å². The van der Waals surface area contributed by atoms with Crippen LogP contribution in [0, 0.1) is 10.1 Å². The summed E-state index contributed by atoms with van der Waals surface area (Å²) < 4.78 is 0. The summed E-state index contributed by atoms with van der Waals surface area (Å²) in [6.07, 6.45) is 0.0751. The Morgan fingerprint density at radius 3 is 2.22 bits per heavy atom. The van der Waals surface area contributed by atoms with E-state index in [1.807, 2.05) is 0 Å². The van der Waals surface area contributed by atoms with Crippen molar-refractivity contribution in [2.45, 2.75) is 12.5 Å². The van der Waals surface area contributed by atoms with Crippen LogP contribution in [0.3, 0.4) is 0 Å². The van der Waals surface area contributed by atoms with Crippen molar-refractivity contribution in [3.63, 3.8) is 0 Å². The summed E-state index contributed by atoms with van der Waals surface area (Å²) >= 11 is 0. The maximum atomic E-state index is 12.0. The summed E-state index contributed by atoms with van der Waals surface area (Å²) in [6.45, 7) is -0.322. The van der Waals surface area contributed by atoms with Crippen LogP contribution in [-0.4, -0.2) is 35.2 Å². The molecular formula is C18H18N4O5. The summed E-state index contributed by atoms with van der Waals surface area (Å²) in [6, 6.07) is 12.9. The molecular weight excluding hydrogens is 352 g/mol. The highest BCUT2D eigenvalue weighted by molar-refractivity contribution is 5.97. The number of nitrogens with zero attached hydrogens (tertiary/aromatic N) is 1. The zero-order valence-electron chi connectivity index (χ0n) is 14.3. The Kier molecular flexibility index (Phi) is 6.59. The van der Waals surface area contributed by atoms with Gasteiger partial charge in [-0.25, -0.2) is 0 Å². The van der Waals surface area contributed by atoms with E-state index in [0.717, 1.165) is 0 Å². The minimum atomic E-state index is -1.01. The molecule has 0 aromatic heterocycles. The SMILES string of the molecule is NC(=O)[C@@H](Cc1ccc([N+](=O)[O-])cc1)NC(=O)CNC(=O)c1ccccc1. The number of nitro groups is 1. The van der Waals surface area contributed by atoms with Crippen molar-refractivity contribution in [1.82, 2.24) is 10.6 Å². The Balaban J connectivity index is 1.91. The first kappa shape index (κ1) is 19.6. The molecule has 9 nitrogen and oxygen atoms in total. The number of nitrogens with two attached hydrogens (primary N) is 1. The van der Waals surface area contributed by atoms with Gasteiger partial charge in [-0.2, -0.15) is 0 Å². The van der Waals surface area contributed by atoms with Crippen LogP contribution in [0.4, 0.5) is 5.69 Å². The second-order valence-electron chi connectivity index (χ2n) is 5.70. The molecule has 2 aromatic carbocycles. The van der Waals surface area contributed by atoms with E-state index in [-0.39, 0.29) is 18.7 Å². The second-order valence-corrected chi connectivity index (χ2v) is 5.70. The smallest absolute Gasteiger partial charge is 0.269 e. The highest BCUT2D eigenvalue weighted by Crippen LogP contribution is 2.13. The molecule has 1 atom stereocenters. The van der Waals surface area contributed by atoms with Crippen molar-refractivity contribution in [2.24, 2.45) is 5.73 Å². The maximum Gasteiger partial charge on any atom is 0.269 e. The summed E-state index contributed by atoms with van der Waals surface area (Å²) in [4.78, 5) is 45.6. The van der Waals surface area contributed by atoms with E-state index < -0.39 is 28.7 Å². The average molecular weight is 370 g/mol. The molecule has 0 spiro atoms. The molecule has 0 radical (unpaired) electrons. The fraction of sp³-hybridized carbons (Fsp3) is 0.167. The molecule has 0 aliphatic rings. The fourth-order valence-electron chi connectivity index (χ4n) is 2.31. The summed E-state index contributed by atoms with van der Waals surface area (Å²) in [5.41, 5.74) is 6.23. The van der Waals surface area contributed by atoms with E-state index in [1.54, 1.807) is 30.3 Å². The van der Waals surface area contributed by atoms with E-state index >= 15 is 0 Å². The summed E-state index contributed by atoms with van der Waals surface area (Å²) in [5, 5.41) is 15.6. The van der Waals surface area contributed by atoms with Crippen LogP contribution < -0.4 is 16.4 Å². The Morgan fingerprint density at radius 2 is 1.67 bits per heavy atom. The third-order valence-corrected chi connectivity index (χ3v) is 3.71. The van der Waals surface area contributed by atoms with Crippen molar-refractivity contribution in [1.29, 1.82) is 0 Å². The van der Waals surface area contributed by atoms with Gasteiger partial charge in [-0.15, -0.1) is 0 Å². The molecule has 0 unspecified atom stereocenters. The summed E-state index contributed by atoms with van der Waals surface area (Å²) in [5.74, 6) is -1.75. The van der Waals surface area contributed by atoms with Gasteiger partial charge in [-0.3, -0.25) is 24.5 Å².